The predicted molar refractivity (Wildman–Crippen MR) is 91.9 cm³/mol. The van der Waals surface area contributed by atoms with Crippen LogP contribution >= 0.6 is 22.9 Å². The molecule has 4 heterocycles. The molecular formula is C16H17ClN4O2S. The monoisotopic (exact) mass is 364 g/mol. The summed E-state index contributed by atoms with van der Waals surface area (Å²) in [5, 5.41) is 12.3. The second-order valence-electron chi connectivity index (χ2n) is 6.15. The number of amides is 1. The van der Waals surface area contributed by atoms with Crippen LogP contribution < -0.4 is 10.1 Å². The molecule has 1 aromatic heterocycles. The number of aromatic nitrogens is 2. The molecule has 0 saturated carbocycles. The standard InChI is InChI=1S/C16H17ClN4O2S/c17-11-1-3-12(4-2-11)23-16-20-19-15(24-16)14(22)18-13-9-21-7-5-10(13)6-8-21/h1-4,10,13H,5-9H2,(H,18,22)/t13-/m0/s1. The average molecular weight is 365 g/mol. The van der Waals surface area contributed by atoms with Crippen molar-refractivity contribution in [2.24, 2.45) is 5.92 Å². The number of carbonyl (C=O) groups excluding carboxylic acids is 1. The third kappa shape index (κ3) is 3.38. The molecule has 0 radical (unpaired) electrons. The fourth-order valence-electron chi connectivity index (χ4n) is 3.30. The number of nitrogens with zero attached hydrogens (tertiary/aromatic N) is 3. The smallest absolute Gasteiger partial charge is 0.300 e. The Labute approximate surface area is 148 Å². The summed E-state index contributed by atoms with van der Waals surface area (Å²) >= 11 is 6.99. The van der Waals surface area contributed by atoms with Crippen molar-refractivity contribution in [3.05, 3.63) is 34.3 Å². The quantitative estimate of drug-likeness (QED) is 0.903. The Hall–Kier alpha value is -1.70. The molecule has 3 aliphatic heterocycles. The fraction of sp³-hybridized carbons (Fsp3) is 0.438. The molecule has 1 atom stereocenters. The van der Waals surface area contributed by atoms with Crippen molar-refractivity contribution in [3.63, 3.8) is 0 Å². The molecule has 2 aromatic rings. The normalized spacial score (nSPS) is 25.5. The summed E-state index contributed by atoms with van der Waals surface area (Å²) in [6.45, 7) is 3.23. The molecule has 3 fully saturated rings. The van der Waals surface area contributed by atoms with Crippen LogP contribution in [-0.2, 0) is 0 Å². The first-order chi connectivity index (χ1) is 11.7. The van der Waals surface area contributed by atoms with Gasteiger partial charge in [0.25, 0.3) is 11.1 Å². The van der Waals surface area contributed by atoms with Gasteiger partial charge in [-0.25, -0.2) is 0 Å². The van der Waals surface area contributed by atoms with Crippen LogP contribution in [0.25, 0.3) is 0 Å². The van der Waals surface area contributed by atoms with Crippen LogP contribution in [0.2, 0.25) is 5.02 Å². The Bertz CT molecular complexity index is 728. The van der Waals surface area contributed by atoms with Crippen LogP contribution in [0.15, 0.2) is 24.3 Å². The summed E-state index contributed by atoms with van der Waals surface area (Å²) in [5.74, 6) is 1.02. The number of halogens is 1. The molecule has 2 bridgehead atoms. The molecule has 1 amide bonds. The average Bonchev–Trinajstić information content (AvgIpc) is 3.07. The number of nitrogens with one attached hydrogen (secondary N) is 1. The lowest BCUT2D eigenvalue weighted by molar-refractivity contribution is 0.0620. The van der Waals surface area contributed by atoms with Crippen molar-refractivity contribution >= 4 is 28.8 Å². The van der Waals surface area contributed by atoms with Crippen LogP contribution in [0.4, 0.5) is 0 Å². The van der Waals surface area contributed by atoms with Crippen molar-refractivity contribution in [2.45, 2.75) is 18.9 Å². The summed E-state index contributed by atoms with van der Waals surface area (Å²) < 4.78 is 5.60. The first-order valence-electron chi connectivity index (χ1n) is 7.97. The zero-order valence-corrected chi connectivity index (χ0v) is 14.5. The highest BCUT2D eigenvalue weighted by Crippen LogP contribution is 2.29. The van der Waals surface area contributed by atoms with E-state index in [-0.39, 0.29) is 11.9 Å². The highest BCUT2D eigenvalue weighted by molar-refractivity contribution is 7.15. The van der Waals surface area contributed by atoms with E-state index in [1.807, 2.05) is 0 Å². The van der Waals surface area contributed by atoms with Gasteiger partial charge in [0.1, 0.15) is 5.75 Å². The number of hydrogen-bond acceptors (Lipinski definition) is 6. The molecule has 0 unspecified atom stereocenters. The minimum absolute atomic E-state index is 0.169. The first kappa shape index (κ1) is 15.8. The van der Waals surface area contributed by atoms with E-state index in [0.29, 0.717) is 26.9 Å². The highest BCUT2D eigenvalue weighted by Gasteiger charge is 2.35. The van der Waals surface area contributed by atoms with Gasteiger partial charge in [-0.15, -0.1) is 5.10 Å². The van der Waals surface area contributed by atoms with Crippen molar-refractivity contribution in [1.82, 2.24) is 20.4 Å². The Morgan fingerprint density at radius 1 is 1.25 bits per heavy atom. The molecule has 24 heavy (non-hydrogen) atoms. The van der Waals surface area contributed by atoms with Gasteiger partial charge in [0, 0.05) is 17.6 Å². The lowest BCUT2D eigenvalue weighted by Crippen LogP contribution is -2.57. The maximum atomic E-state index is 12.4. The van der Waals surface area contributed by atoms with E-state index in [0.717, 1.165) is 43.8 Å². The predicted octanol–water partition coefficient (Wildman–Crippen LogP) is 2.81. The summed E-state index contributed by atoms with van der Waals surface area (Å²) in [7, 11) is 0. The third-order valence-electron chi connectivity index (χ3n) is 4.59. The van der Waals surface area contributed by atoms with E-state index in [9.17, 15) is 4.79 Å². The summed E-state index contributed by atoms with van der Waals surface area (Å²) in [6, 6.07) is 7.18. The second-order valence-corrected chi connectivity index (χ2v) is 7.52. The van der Waals surface area contributed by atoms with Crippen molar-refractivity contribution < 1.29 is 9.53 Å². The van der Waals surface area contributed by atoms with Crippen LogP contribution in [0.5, 0.6) is 10.9 Å². The van der Waals surface area contributed by atoms with Crippen LogP contribution in [0.3, 0.4) is 0 Å². The van der Waals surface area contributed by atoms with Gasteiger partial charge in [0.05, 0.1) is 0 Å². The van der Waals surface area contributed by atoms with E-state index >= 15 is 0 Å². The number of benzene rings is 1. The lowest BCUT2D eigenvalue weighted by atomic mass is 9.84. The zero-order valence-electron chi connectivity index (χ0n) is 12.9. The Balaban J connectivity index is 1.39. The molecule has 3 aliphatic rings. The number of carbonyl (C=O) groups is 1. The van der Waals surface area contributed by atoms with Gasteiger partial charge in [-0.05, 0) is 67.5 Å². The second kappa shape index (κ2) is 6.66. The van der Waals surface area contributed by atoms with Crippen molar-refractivity contribution in [1.29, 1.82) is 0 Å². The van der Waals surface area contributed by atoms with Crippen molar-refractivity contribution in [3.8, 4) is 10.9 Å². The summed E-state index contributed by atoms with van der Waals surface area (Å²) in [5.41, 5.74) is 0. The molecule has 126 valence electrons. The molecule has 0 spiro atoms. The molecule has 5 rings (SSSR count). The van der Waals surface area contributed by atoms with Gasteiger partial charge in [0.2, 0.25) is 5.01 Å². The van der Waals surface area contributed by atoms with Gasteiger partial charge < -0.3 is 15.0 Å². The van der Waals surface area contributed by atoms with Gasteiger partial charge in [-0.1, -0.05) is 16.7 Å². The number of piperidine rings is 3. The largest absolute Gasteiger partial charge is 0.430 e. The Morgan fingerprint density at radius 3 is 2.67 bits per heavy atom. The van der Waals surface area contributed by atoms with E-state index in [1.165, 1.54) is 0 Å². The minimum Gasteiger partial charge on any atom is -0.430 e. The zero-order chi connectivity index (χ0) is 16.5. The molecule has 1 N–H and O–H groups in total. The Kier molecular flexibility index (Phi) is 4.39. The summed E-state index contributed by atoms with van der Waals surface area (Å²) in [6.07, 6.45) is 2.32. The third-order valence-corrected chi connectivity index (χ3v) is 5.64. The van der Waals surface area contributed by atoms with Gasteiger partial charge in [-0.3, -0.25) is 4.79 Å². The van der Waals surface area contributed by atoms with Gasteiger partial charge >= 0.3 is 0 Å². The highest BCUT2D eigenvalue weighted by atomic mass is 35.5. The molecule has 3 saturated heterocycles. The SMILES string of the molecule is O=C(N[C@H]1CN2CCC1CC2)c1nnc(Oc2ccc(Cl)cc2)s1. The summed E-state index contributed by atoms with van der Waals surface area (Å²) in [4.78, 5) is 14.8. The molecular weight excluding hydrogens is 348 g/mol. The van der Waals surface area contributed by atoms with E-state index in [4.69, 9.17) is 16.3 Å². The van der Waals surface area contributed by atoms with Gasteiger partial charge in [-0.2, -0.15) is 0 Å². The van der Waals surface area contributed by atoms with Crippen LogP contribution in [0, 0.1) is 5.92 Å². The first-order valence-corrected chi connectivity index (χ1v) is 9.17. The number of rotatable bonds is 4. The number of ether oxygens (including phenoxy) is 1. The Morgan fingerprint density at radius 2 is 2.00 bits per heavy atom. The van der Waals surface area contributed by atoms with Crippen LogP contribution in [-0.4, -0.2) is 46.7 Å². The number of hydrogen-bond donors (Lipinski definition) is 1. The fourth-order valence-corrected chi connectivity index (χ4v) is 4.05. The van der Waals surface area contributed by atoms with E-state index in [2.05, 4.69) is 20.4 Å². The van der Waals surface area contributed by atoms with Gasteiger partial charge in [0.15, 0.2) is 0 Å². The topological polar surface area (TPSA) is 67.4 Å². The van der Waals surface area contributed by atoms with E-state index in [1.54, 1.807) is 24.3 Å². The maximum absolute atomic E-state index is 12.4. The molecule has 0 aliphatic carbocycles. The molecule has 6 nitrogen and oxygen atoms in total. The molecule has 8 heteroatoms. The van der Waals surface area contributed by atoms with Crippen molar-refractivity contribution in [2.75, 3.05) is 19.6 Å². The molecule has 1 aromatic carbocycles. The maximum Gasteiger partial charge on any atom is 0.300 e. The van der Waals surface area contributed by atoms with Crippen LogP contribution in [0.1, 0.15) is 22.6 Å². The minimum atomic E-state index is -0.169. The number of fused-ring (bicyclic) bond motifs is 3. The van der Waals surface area contributed by atoms with E-state index < -0.39 is 0 Å². The lowest BCUT2D eigenvalue weighted by Gasteiger charge is -2.44.